The van der Waals surface area contributed by atoms with Crippen molar-refractivity contribution in [1.82, 2.24) is 0 Å². The van der Waals surface area contributed by atoms with E-state index in [-0.39, 0.29) is 11.6 Å². The average Bonchev–Trinajstić information content (AvgIpc) is 2.28. The van der Waals surface area contributed by atoms with Crippen molar-refractivity contribution in [2.24, 2.45) is 5.73 Å². The molecule has 3 N–H and O–H groups in total. The number of ether oxygens (including phenoxy) is 2. The van der Waals surface area contributed by atoms with Crippen molar-refractivity contribution in [3.05, 3.63) is 28.8 Å². The molecule has 0 heterocycles. The first-order chi connectivity index (χ1) is 8.15. The fraction of sp³-hybridized carbons (Fsp3) is 0.364. The summed E-state index contributed by atoms with van der Waals surface area (Å²) < 4.78 is 10.4. The highest BCUT2D eigenvalue weighted by Crippen LogP contribution is 2.22. The summed E-state index contributed by atoms with van der Waals surface area (Å²) in [6.07, 6.45) is 0. The monoisotopic (exact) mass is 275 g/mol. The predicted molar refractivity (Wildman–Crippen MR) is 70.7 cm³/mol. The maximum Gasteiger partial charge on any atom is 0.120 e. The lowest BCUT2D eigenvalue weighted by molar-refractivity contribution is 0.0705. The minimum atomic E-state index is 0.00840. The second-order valence-corrected chi connectivity index (χ2v) is 4.04. The molecule has 0 spiro atoms. The number of aliphatic hydroxyl groups excluding tert-OH is 1. The number of benzene rings is 1. The van der Waals surface area contributed by atoms with E-state index in [0.717, 1.165) is 0 Å². The fourth-order valence-corrected chi connectivity index (χ4v) is 1.68. The lowest BCUT2D eigenvalue weighted by Crippen LogP contribution is -2.11. The predicted octanol–water partition coefficient (Wildman–Crippen LogP) is 1.36. The number of nitrogens with two attached hydrogens (primary N) is 1. The van der Waals surface area contributed by atoms with Crippen LogP contribution in [0.1, 0.15) is 5.56 Å². The van der Waals surface area contributed by atoms with E-state index in [2.05, 4.69) is 0 Å². The molecule has 0 atom stereocenters. The maximum absolute atomic E-state index is 8.49. The maximum atomic E-state index is 8.49. The average molecular weight is 276 g/mol. The number of halogens is 1. The summed E-state index contributed by atoms with van der Waals surface area (Å²) in [5.74, 6) is 0.627. The van der Waals surface area contributed by atoms with Gasteiger partial charge in [-0.25, -0.2) is 0 Å². The number of hydrogen-bond acceptors (Lipinski definition) is 4. The van der Waals surface area contributed by atoms with Crippen LogP contribution in [0.3, 0.4) is 0 Å². The van der Waals surface area contributed by atoms with Crippen LogP contribution >= 0.6 is 23.8 Å². The number of aliphatic hydroxyl groups is 1. The zero-order valence-electron chi connectivity index (χ0n) is 9.19. The summed E-state index contributed by atoms with van der Waals surface area (Å²) >= 11 is 10.8. The standard InChI is InChI=1S/C11H14ClNO3S/c12-10-7-8(1-2-9(10)11(13)17)16-6-5-15-4-3-14/h1-2,7,14H,3-6H2,(H2,13,17). The molecule has 0 aromatic heterocycles. The van der Waals surface area contributed by atoms with Crippen molar-refractivity contribution in [1.29, 1.82) is 0 Å². The summed E-state index contributed by atoms with van der Waals surface area (Å²) in [7, 11) is 0. The zero-order valence-corrected chi connectivity index (χ0v) is 10.8. The Balaban J connectivity index is 2.45. The quantitative estimate of drug-likeness (QED) is 0.581. The van der Waals surface area contributed by atoms with Gasteiger partial charge in [0.25, 0.3) is 0 Å². The van der Waals surface area contributed by atoms with Gasteiger partial charge in [0.1, 0.15) is 17.3 Å². The number of hydrogen-bond donors (Lipinski definition) is 2. The SMILES string of the molecule is NC(=S)c1ccc(OCCOCCO)cc1Cl. The van der Waals surface area contributed by atoms with E-state index in [1.54, 1.807) is 18.2 Å². The molecule has 0 fully saturated rings. The molecule has 0 aliphatic carbocycles. The molecule has 0 radical (unpaired) electrons. The third-order valence-electron chi connectivity index (χ3n) is 1.94. The van der Waals surface area contributed by atoms with Gasteiger partial charge in [-0.2, -0.15) is 0 Å². The van der Waals surface area contributed by atoms with Crippen LogP contribution in [0, 0.1) is 0 Å². The van der Waals surface area contributed by atoms with Crippen LogP contribution in [0.25, 0.3) is 0 Å². The first-order valence-electron chi connectivity index (χ1n) is 5.06. The summed E-state index contributed by atoms with van der Waals surface area (Å²) in [6, 6.07) is 5.11. The fourth-order valence-electron chi connectivity index (χ4n) is 1.17. The van der Waals surface area contributed by atoms with E-state index >= 15 is 0 Å². The second kappa shape index (κ2) is 7.45. The molecule has 0 aliphatic heterocycles. The van der Waals surface area contributed by atoms with Crippen LogP contribution in [-0.2, 0) is 4.74 Å². The van der Waals surface area contributed by atoms with E-state index in [0.29, 0.717) is 36.2 Å². The highest BCUT2D eigenvalue weighted by molar-refractivity contribution is 7.80. The Morgan fingerprint density at radius 1 is 1.35 bits per heavy atom. The van der Waals surface area contributed by atoms with Gasteiger partial charge in [-0.05, 0) is 18.2 Å². The van der Waals surface area contributed by atoms with Crippen LogP contribution < -0.4 is 10.5 Å². The summed E-state index contributed by atoms with van der Waals surface area (Å²) in [6.45, 7) is 1.12. The Hall–Kier alpha value is -0.880. The molecule has 0 unspecified atom stereocenters. The molecule has 94 valence electrons. The molecule has 0 saturated heterocycles. The van der Waals surface area contributed by atoms with Crippen molar-refractivity contribution in [3.63, 3.8) is 0 Å². The molecule has 4 nitrogen and oxygen atoms in total. The van der Waals surface area contributed by atoms with E-state index < -0.39 is 0 Å². The summed E-state index contributed by atoms with van der Waals surface area (Å²) in [4.78, 5) is 0.257. The molecule has 0 amide bonds. The van der Waals surface area contributed by atoms with Crippen molar-refractivity contribution >= 4 is 28.8 Å². The van der Waals surface area contributed by atoms with Crippen LogP contribution in [0.15, 0.2) is 18.2 Å². The molecule has 0 saturated carbocycles. The van der Waals surface area contributed by atoms with Crippen molar-refractivity contribution < 1.29 is 14.6 Å². The van der Waals surface area contributed by atoms with Crippen molar-refractivity contribution in [2.45, 2.75) is 0 Å². The van der Waals surface area contributed by atoms with E-state index in [4.69, 9.17) is 44.1 Å². The first kappa shape index (κ1) is 14.2. The van der Waals surface area contributed by atoms with Crippen LogP contribution in [0.2, 0.25) is 5.02 Å². The van der Waals surface area contributed by atoms with Gasteiger partial charge < -0.3 is 20.3 Å². The Bertz CT molecular complexity index is 387. The number of thiocarbonyl (C=S) groups is 1. The van der Waals surface area contributed by atoms with Crippen LogP contribution in [0.5, 0.6) is 5.75 Å². The first-order valence-corrected chi connectivity index (χ1v) is 5.84. The van der Waals surface area contributed by atoms with Crippen molar-refractivity contribution in [3.8, 4) is 5.75 Å². The van der Waals surface area contributed by atoms with Crippen molar-refractivity contribution in [2.75, 3.05) is 26.4 Å². The molecular weight excluding hydrogens is 262 g/mol. The topological polar surface area (TPSA) is 64.7 Å². The van der Waals surface area contributed by atoms with Gasteiger partial charge in [-0.1, -0.05) is 23.8 Å². The Morgan fingerprint density at radius 3 is 2.71 bits per heavy atom. The second-order valence-electron chi connectivity index (χ2n) is 3.19. The smallest absolute Gasteiger partial charge is 0.120 e. The van der Waals surface area contributed by atoms with Crippen LogP contribution in [0.4, 0.5) is 0 Å². The summed E-state index contributed by atoms with van der Waals surface area (Å²) in [5.41, 5.74) is 6.11. The Kier molecular flexibility index (Phi) is 6.21. The third-order valence-corrected chi connectivity index (χ3v) is 2.47. The number of rotatable bonds is 7. The van der Waals surface area contributed by atoms with E-state index in [9.17, 15) is 0 Å². The van der Waals surface area contributed by atoms with Gasteiger partial charge in [-0.3, -0.25) is 0 Å². The van der Waals surface area contributed by atoms with Gasteiger partial charge in [0.15, 0.2) is 0 Å². The van der Waals surface area contributed by atoms with E-state index in [1.165, 1.54) is 0 Å². The molecule has 0 aliphatic rings. The minimum absolute atomic E-state index is 0.00840. The molecule has 17 heavy (non-hydrogen) atoms. The minimum Gasteiger partial charge on any atom is -0.491 e. The zero-order chi connectivity index (χ0) is 12.7. The lowest BCUT2D eigenvalue weighted by atomic mass is 10.2. The van der Waals surface area contributed by atoms with Gasteiger partial charge in [0.05, 0.1) is 24.8 Å². The van der Waals surface area contributed by atoms with Gasteiger partial charge >= 0.3 is 0 Å². The molecule has 1 aromatic carbocycles. The van der Waals surface area contributed by atoms with Crippen LogP contribution in [-0.4, -0.2) is 36.5 Å². The molecule has 1 aromatic rings. The normalized spacial score (nSPS) is 10.2. The third kappa shape index (κ3) is 4.87. The Morgan fingerprint density at radius 2 is 2.12 bits per heavy atom. The molecule has 0 bridgehead atoms. The van der Waals surface area contributed by atoms with Gasteiger partial charge in [0, 0.05) is 5.56 Å². The highest BCUT2D eigenvalue weighted by Gasteiger charge is 2.04. The van der Waals surface area contributed by atoms with Gasteiger partial charge in [0.2, 0.25) is 0 Å². The Labute approximate surface area is 110 Å². The highest BCUT2D eigenvalue weighted by atomic mass is 35.5. The van der Waals surface area contributed by atoms with Gasteiger partial charge in [-0.15, -0.1) is 0 Å². The van der Waals surface area contributed by atoms with E-state index in [1.807, 2.05) is 0 Å². The molecular formula is C11H14ClNO3S. The summed E-state index contributed by atoms with van der Waals surface area (Å²) in [5, 5.41) is 8.96. The molecule has 6 heteroatoms. The largest absolute Gasteiger partial charge is 0.491 e. The molecule has 1 rings (SSSR count). The lowest BCUT2D eigenvalue weighted by Gasteiger charge is -2.08.